The van der Waals surface area contributed by atoms with Crippen LogP contribution in [-0.4, -0.2) is 249 Å². The number of alkyl carbamates (subject to hydrolysis) is 5. The van der Waals surface area contributed by atoms with Crippen molar-refractivity contribution >= 4 is 110 Å². The Balaban J connectivity index is -0.000000325. The molecule has 3 rings (SSSR count). The molecule has 37 nitrogen and oxygen atoms in total. The number of methoxy groups -OCH3 is 2. The summed E-state index contributed by atoms with van der Waals surface area (Å²) in [6.07, 6.45) is -0.669. The van der Waals surface area contributed by atoms with Crippen molar-refractivity contribution in [1.82, 2.24) is 26.6 Å². The predicted octanol–water partition coefficient (Wildman–Crippen LogP) is 9.34. The molecule has 40 heteroatoms. The average molecular weight is 1820 g/mol. The SMILES string of the molecule is CC(=O)OCC1c2ccccc2-c2ccccc21.CC(C)(C)OC(=O)NCC(O)CCC(N)C(=O)O.CC(C)(C)OC(=O)NCC(S)CCC(N)C(=O)O.CC(CCC(O)CNC(=O)OC(C)(C)C)C(=O)O.COC(=O)C(C)CCC(C)CNC(=O)OC(C)(C)C.COC(=O)C(C)CCC(O)CNC(=O)OC(C)(C)C.Cl.Cl.NCC(O)CCC(N)C(=O)O. The van der Waals surface area contributed by atoms with Gasteiger partial charge in [-0.2, -0.15) is 12.6 Å². The third-order valence-corrected chi connectivity index (χ3v) is 16.6. The number of aliphatic hydroxyl groups excluding tert-OH is 4. The molecule has 0 fully saturated rings. The van der Waals surface area contributed by atoms with E-state index in [9.17, 15) is 72.9 Å². The number of nitrogens with two attached hydrogens (primary N) is 4. The fourth-order valence-corrected chi connectivity index (χ4v) is 9.81. The van der Waals surface area contributed by atoms with E-state index in [4.69, 9.17) is 76.9 Å². The molecule has 5 amide bonds. The fraction of sp³-hybridized carbons (Fsp3) is 0.711. The molecule has 21 N–H and O–H groups in total. The van der Waals surface area contributed by atoms with Crippen molar-refractivity contribution in [3.05, 3.63) is 59.7 Å². The van der Waals surface area contributed by atoms with E-state index in [1.54, 1.807) is 96.9 Å². The van der Waals surface area contributed by atoms with Crippen LogP contribution in [-0.2, 0) is 71.5 Å². The lowest BCUT2D eigenvalue weighted by Crippen LogP contribution is -2.38. The maximum atomic E-state index is 11.4. The zero-order valence-corrected chi connectivity index (χ0v) is 78.4. The van der Waals surface area contributed by atoms with Gasteiger partial charge in [0.05, 0.1) is 56.4 Å². The topological polar surface area (TPSA) is 605 Å². The summed E-state index contributed by atoms with van der Waals surface area (Å²) < 4.78 is 39.7. The van der Waals surface area contributed by atoms with E-state index >= 15 is 0 Å². The lowest BCUT2D eigenvalue weighted by molar-refractivity contribution is -0.146. The Hall–Kier alpha value is -8.31. The molecule has 1 aliphatic rings. The number of carboxylic acids is 4. The minimum atomic E-state index is -1.11. The molecule has 0 aliphatic heterocycles. The van der Waals surface area contributed by atoms with E-state index in [-0.39, 0.29) is 111 Å². The Kier molecular flexibility index (Phi) is 66.6. The summed E-state index contributed by atoms with van der Waals surface area (Å²) in [6, 6.07) is 13.9. The molecular weight excluding hydrogens is 1670 g/mol. The number of esters is 3. The molecule has 2 aromatic rings. The van der Waals surface area contributed by atoms with Crippen molar-refractivity contribution in [3.8, 4) is 11.1 Å². The third kappa shape index (κ3) is 71.7. The van der Waals surface area contributed by atoms with Gasteiger partial charge in [0.15, 0.2) is 0 Å². The summed E-state index contributed by atoms with van der Waals surface area (Å²) in [5.74, 6) is -5.19. The number of amides is 5. The maximum Gasteiger partial charge on any atom is 0.407 e. The van der Waals surface area contributed by atoms with Crippen LogP contribution in [0, 0.1) is 23.7 Å². The highest BCUT2D eigenvalue weighted by Gasteiger charge is 2.30. The predicted molar refractivity (Wildman–Crippen MR) is 472 cm³/mol. The van der Waals surface area contributed by atoms with Gasteiger partial charge in [-0.1, -0.05) is 76.2 Å². The van der Waals surface area contributed by atoms with Crippen LogP contribution in [0.1, 0.15) is 233 Å². The molecule has 2 aromatic carbocycles. The maximum absolute atomic E-state index is 11.4. The zero-order valence-electron chi connectivity index (χ0n) is 75.9. The summed E-state index contributed by atoms with van der Waals surface area (Å²) >= 11 is 4.24. The van der Waals surface area contributed by atoms with Crippen LogP contribution in [0.3, 0.4) is 0 Å². The minimum Gasteiger partial charge on any atom is -0.481 e. The minimum absolute atomic E-state index is 0. The van der Waals surface area contributed by atoms with Gasteiger partial charge in [0, 0.05) is 57.4 Å². The molecule has 0 saturated carbocycles. The Morgan fingerprint density at radius 3 is 0.943 bits per heavy atom. The standard InChI is InChI=1S/C16H14O2.C14H27NO4.C13H25NO5.C12H23NO5.C11H22N2O5.C11H22N2O4S.C6H14N2O3.2ClH/c1-11(17)18-10-16-14-8-4-2-6-12(14)13-7-3-5-9-15(13)16;1-10(7-8-11(2)12(16)18-6)9-15-13(17)19-14(3,4)5;1-9(11(16)18-5)6-7-10(15)8-14-12(17)19-13(2,3)4;1-8(10(15)16)5-6-9(14)7-13-11(17)18-12(2,3)4;1-11(2,3)18-10(17)13-6-7(14)4-5-8(12)9(15)16;1-11(2,3)17-10(16)13-6-7(18)4-5-8(12)9(14)15;7-3-4(9)1-2-5(8)6(10)11;;/h2-9,16H,10H2,1H3;10-11H,7-9H2,1-6H3,(H,15,17);9-10,15H,6-8H2,1-5H3,(H,14,17);8-9,14H,5-7H2,1-4H3,(H,13,17)(H,15,16);7-8,14H,4-6,12H2,1-3H3,(H,13,17)(H,15,16);7-8,18H,4-6,12H2,1-3H3,(H,13,16)(H,14,15);4-5,9H,1-3,7-8H2,(H,10,11);2*1H. The van der Waals surface area contributed by atoms with Crippen molar-refractivity contribution in [2.24, 2.45) is 46.6 Å². The lowest BCUT2D eigenvalue weighted by Gasteiger charge is -2.21. The molecular formula is C83H149Cl2N9O28S. The van der Waals surface area contributed by atoms with Crippen LogP contribution in [0.4, 0.5) is 24.0 Å². The van der Waals surface area contributed by atoms with Gasteiger partial charge in [-0.25, -0.2) is 24.0 Å². The van der Waals surface area contributed by atoms with E-state index < -0.39 is 131 Å². The first-order valence-corrected chi connectivity index (χ1v) is 40.6. The number of benzene rings is 2. The Bertz CT molecular complexity index is 3150. The molecule has 0 saturated heterocycles. The first-order valence-electron chi connectivity index (χ1n) is 40.1. The van der Waals surface area contributed by atoms with Gasteiger partial charge in [0.25, 0.3) is 0 Å². The average Bonchev–Trinajstić information content (AvgIpc) is 1.62. The number of halogens is 2. The Morgan fingerprint density at radius 1 is 0.390 bits per heavy atom. The van der Waals surface area contributed by atoms with Crippen LogP contribution >= 0.6 is 37.4 Å². The number of thiol groups is 1. The normalized spacial score (nSPS) is 14.2. The highest BCUT2D eigenvalue weighted by molar-refractivity contribution is 7.81. The van der Waals surface area contributed by atoms with Crippen LogP contribution < -0.4 is 49.5 Å². The van der Waals surface area contributed by atoms with Gasteiger partial charge in [0.2, 0.25) is 0 Å². The molecule has 123 heavy (non-hydrogen) atoms. The van der Waals surface area contributed by atoms with Gasteiger partial charge >= 0.3 is 72.3 Å². The largest absolute Gasteiger partial charge is 0.481 e. The second-order valence-corrected chi connectivity index (χ2v) is 34.7. The summed E-state index contributed by atoms with van der Waals surface area (Å²) in [7, 11) is 2.73. The van der Waals surface area contributed by atoms with Gasteiger partial charge in [-0.3, -0.25) is 33.6 Å². The van der Waals surface area contributed by atoms with Crippen molar-refractivity contribution in [2.45, 2.75) is 297 Å². The van der Waals surface area contributed by atoms with Gasteiger partial charge in [-0.05, 0) is 209 Å². The number of rotatable bonds is 37. The van der Waals surface area contributed by atoms with Gasteiger partial charge < -0.3 is 128 Å². The Morgan fingerprint density at radius 2 is 0.659 bits per heavy atom. The van der Waals surface area contributed by atoms with Crippen molar-refractivity contribution < 1.29 is 136 Å². The number of hydrogen-bond acceptors (Lipinski definition) is 29. The van der Waals surface area contributed by atoms with Crippen LogP contribution in [0.15, 0.2) is 48.5 Å². The van der Waals surface area contributed by atoms with Crippen molar-refractivity contribution in [1.29, 1.82) is 0 Å². The van der Waals surface area contributed by atoms with E-state index in [2.05, 4.69) is 73.0 Å². The Labute approximate surface area is 743 Å². The van der Waals surface area contributed by atoms with E-state index in [1.165, 1.54) is 43.4 Å². The summed E-state index contributed by atoms with van der Waals surface area (Å²) in [5, 5.41) is 84.3. The van der Waals surface area contributed by atoms with Crippen LogP contribution in [0.5, 0.6) is 0 Å². The van der Waals surface area contributed by atoms with Crippen LogP contribution in [0.25, 0.3) is 11.1 Å². The van der Waals surface area contributed by atoms with Gasteiger partial charge in [0.1, 0.15) is 52.7 Å². The first-order chi connectivity index (χ1) is 55.5. The highest BCUT2D eigenvalue weighted by atomic mass is 35.5. The number of aliphatic hydroxyl groups is 4. The number of aliphatic carboxylic acids is 4. The zero-order chi connectivity index (χ0) is 94.5. The third-order valence-electron chi connectivity index (χ3n) is 16.2. The summed E-state index contributed by atoms with van der Waals surface area (Å²) in [4.78, 5) is 132. The second kappa shape index (κ2) is 65.3. The van der Waals surface area contributed by atoms with Crippen LogP contribution in [0.2, 0.25) is 0 Å². The van der Waals surface area contributed by atoms with Crippen molar-refractivity contribution in [3.63, 3.8) is 0 Å². The smallest absolute Gasteiger partial charge is 0.407 e. The number of carbonyl (C=O) groups excluding carboxylic acids is 8. The molecule has 12 unspecified atom stereocenters. The van der Waals surface area contributed by atoms with Crippen molar-refractivity contribution in [2.75, 3.05) is 60.1 Å². The molecule has 0 radical (unpaired) electrons. The monoisotopic (exact) mass is 1820 g/mol. The first kappa shape index (κ1) is 125. The number of hydrogen-bond donors (Lipinski definition) is 18. The number of fused-ring (bicyclic) bond motifs is 3. The molecule has 714 valence electrons. The number of carboxylic acid groups (broad SMARTS) is 4. The molecule has 0 bridgehead atoms. The summed E-state index contributed by atoms with van der Waals surface area (Å²) in [5.41, 5.74) is 23.2. The highest BCUT2D eigenvalue weighted by Crippen LogP contribution is 2.44. The van der Waals surface area contributed by atoms with Gasteiger partial charge in [-0.15, -0.1) is 24.8 Å². The molecule has 1 aliphatic carbocycles. The molecule has 0 spiro atoms. The van der Waals surface area contributed by atoms with E-state index in [1.807, 2.05) is 58.9 Å². The quantitative estimate of drug-likeness (QED) is 0.0170. The molecule has 12 atom stereocenters. The molecule has 0 heterocycles. The number of carbonyl (C=O) groups is 12. The molecule has 0 aromatic heterocycles. The second-order valence-electron chi connectivity index (χ2n) is 33.9. The summed E-state index contributed by atoms with van der Waals surface area (Å²) in [6.45, 7) is 36.8. The number of nitrogens with one attached hydrogen (secondary N) is 5. The fourth-order valence-electron chi connectivity index (χ4n) is 9.57. The van der Waals surface area contributed by atoms with E-state index in [0.29, 0.717) is 70.6 Å². The number of ether oxygens (including phenoxy) is 8. The lowest BCUT2D eigenvalue weighted by atomic mass is 9.98. The van der Waals surface area contributed by atoms with E-state index in [0.717, 1.165) is 12.8 Å².